The van der Waals surface area contributed by atoms with E-state index >= 15 is 0 Å². The zero-order valence-corrected chi connectivity index (χ0v) is 8.77. The Morgan fingerprint density at radius 3 is 2.31 bits per heavy atom. The lowest BCUT2D eigenvalue weighted by atomic mass is 9.97. The van der Waals surface area contributed by atoms with Crippen molar-refractivity contribution >= 4 is 29.2 Å². The molecule has 0 atom stereocenters. The van der Waals surface area contributed by atoms with Gasteiger partial charge in [0.1, 0.15) is 0 Å². The van der Waals surface area contributed by atoms with Gasteiger partial charge in [0.15, 0.2) is 0 Å². The number of hydrogen-bond acceptors (Lipinski definition) is 2. The SMILES string of the molecule is Nc1cccc(Nc2ccc3c(c2)C=C3)c1. The summed E-state index contributed by atoms with van der Waals surface area (Å²) in [6.45, 7) is 0. The first-order chi connectivity index (χ1) is 7.81. The summed E-state index contributed by atoms with van der Waals surface area (Å²) in [6, 6.07) is 14.1. The van der Waals surface area contributed by atoms with Crippen LogP contribution < -0.4 is 11.1 Å². The summed E-state index contributed by atoms with van der Waals surface area (Å²) in [7, 11) is 0. The lowest BCUT2D eigenvalue weighted by Gasteiger charge is -2.13. The van der Waals surface area contributed by atoms with Gasteiger partial charge < -0.3 is 11.1 Å². The van der Waals surface area contributed by atoms with E-state index in [9.17, 15) is 0 Å². The third-order valence-electron chi connectivity index (χ3n) is 2.70. The zero-order valence-electron chi connectivity index (χ0n) is 8.77. The lowest BCUT2D eigenvalue weighted by molar-refractivity contribution is 1.51. The second kappa shape index (κ2) is 3.42. The van der Waals surface area contributed by atoms with Gasteiger partial charge in [-0.25, -0.2) is 0 Å². The van der Waals surface area contributed by atoms with Crippen LogP contribution in [0.5, 0.6) is 0 Å². The highest BCUT2D eigenvalue weighted by Crippen LogP contribution is 2.28. The maximum atomic E-state index is 5.73. The van der Waals surface area contributed by atoms with Crippen molar-refractivity contribution in [2.75, 3.05) is 11.1 Å². The molecule has 2 heteroatoms. The summed E-state index contributed by atoms with van der Waals surface area (Å²) < 4.78 is 0. The van der Waals surface area contributed by atoms with Crippen LogP contribution in [0.15, 0.2) is 42.5 Å². The molecule has 0 bridgehead atoms. The van der Waals surface area contributed by atoms with E-state index in [-0.39, 0.29) is 0 Å². The Morgan fingerprint density at radius 2 is 1.62 bits per heavy atom. The molecule has 0 fully saturated rings. The third kappa shape index (κ3) is 1.54. The van der Waals surface area contributed by atoms with Crippen LogP contribution in [0, 0.1) is 0 Å². The minimum Gasteiger partial charge on any atom is -0.399 e. The van der Waals surface area contributed by atoms with Crippen LogP contribution >= 0.6 is 0 Å². The molecule has 1 aliphatic carbocycles. The van der Waals surface area contributed by atoms with Gasteiger partial charge in [-0.1, -0.05) is 24.3 Å². The van der Waals surface area contributed by atoms with Crippen LogP contribution in [0.1, 0.15) is 11.1 Å². The smallest absolute Gasteiger partial charge is 0.0404 e. The van der Waals surface area contributed by atoms with E-state index in [0.717, 1.165) is 17.1 Å². The van der Waals surface area contributed by atoms with Gasteiger partial charge in [-0.05, 0) is 41.5 Å². The van der Waals surface area contributed by atoms with Crippen molar-refractivity contribution in [1.29, 1.82) is 0 Å². The van der Waals surface area contributed by atoms with Gasteiger partial charge in [0.05, 0.1) is 0 Å². The van der Waals surface area contributed by atoms with Gasteiger partial charge in [-0.2, -0.15) is 0 Å². The minimum atomic E-state index is 0.772. The number of rotatable bonds is 2. The average Bonchev–Trinajstić information content (AvgIpc) is 2.22. The molecule has 78 valence electrons. The quantitative estimate of drug-likeness (QED) is 0.632. The normalized spacial score (nSPS) is 11.8. The molecule has 0 unspecified atom stereocenters. The molecule has 3 N–H and O–H groups in total. The predicted octanol–water partition coefficient (Wildman–Crippen LogP) is 3.50. The van der Waals surface area contributed by atoms with Gasteiger partial charge >= 0.3 is 0 Å². The second-order valence-electron chi connectivity index (χ2n) is 3.93. The fraction of sp³-hybridized carbons (Fsp3) is 0. The van der Waals surface area contributed by atoms with Crippen molar-refractivity contribution in [3.8, 4) is 0 Å². The Balaban J connectivity index is 1.87. The monoisotopic (exact) mass is 208 g/mol. The highest BCUT2D eigenvalue weighted by atomic mass is 14.9. The number of benzene rings is 2. The number of anilines is 3. The number of fused-ring (bicyclic) bond motifs is 1. The van der Waals surface area contributed by atoms with E-state index in [1.165, 1.54) is 11.1 Å². The van der Waals surface area contributed by atoms with Gasteiger partial charge in [0.25, 0.3) is 0 Å². The molecule has 0 saturated carbocycles. The van der Waals surface area contributed by atoms with E-state index < -0.39 is 0 Å². The van der Waals surface area contributed by atoms with Crippen LogP contribution in [-0.2, 0) is 0 Å². The minimum absolute atomic E-state index is 0.772. The van der Waals surface area contributed by atoms with E-state index in [4.69, 9.17) is 5.73 Å². The molecule has 2 aromatic carbocycles. The Hall–Kier alpha value is -2.22. The molecule has 0 radical (unpaired) electrons. The molecule has 3 rings (SSSR count). The molecule has 0 aromatic heterocycles. The highest BCUT2D eigenvalue weighted by Gasteiger charge is 2.05. The molecule has 0 aliphatic heterocycles. The van der Waals surface area contributed by atoms with Crippen molar-refractivity contribution in [2.45, 2.75) is 0 Å². The van der Waals surface area contributed by atoms with Gasteiger partial charge in [-0.15, -0.1) is 0 Å². The third-order valence-corrected chi connectivity index (χ3v) is 2.70. The Morgan fingerprint density at radius 1 is 0.812 bits per heavy atom. The molecule has 1 aliphatic rings. The van der Waals surface area contributed by atoms with Crippen molar-refractivity contribution in [2.24, 2.45) is 0 Å². The van der Waals surface area contributed by atoms with Crippen molar-refractivity contribution < 1.29 is 0 Å². The van der Waals surface area contributed by atoms with E-state index in [1.807, 2.05) is 24.3 Å². The number of hydrogen-bond donors (Lipinski definition) is 2. The second-order valence-corrected chi connectivity index (χ2v) is 3.93. The van der Waals surface area contributed by atoms with Crippen molar-refractivity contribution in [1.82, 2.24) is 0 Å². The Kier molecular flexibility index (Phi) is 1.93. The van der Waals surface area contributed by atoms with Crippen LogP contribution in [-0.4, -0.2) is 0 Å². The molecule has 0 spiro atoms. The van der Waals surface area contributed by atoms with Crippen molar-refractivity contribution in [3.05, 3.63) is 53.6 Å². The summed E-state index contributed by atoms with van der Waals surface area (Å²) in [5, 5.41) is 3.33. The standard InChI is InChI=1S/C14H12N2/c15-12-2-1-3-13(9-12)16-14-7-6-10-4-5-11(10)8-14/h1-9,16H,15H2. The Bertz CT molecular complexity index is 571. The average molecular weight is 208 g/mol. The van der Waals surface area contributed by atoms with E-state index in [0.29, 0.717) is 0 Å². The number of nitrogen functional groups attached to an aromatic ring is 1. The first-order valence-electron chi connectivity index (χ1n) is 5.26. The van der Waals surface area contributed by atoms with E-state index in [1.54, 1.807) is 0 Å². The van der Waals surface area contributed by atoms with Crippen LogP contribution in [0.3, 0.4) is 0 Å². The van der Waals surface area contributed by atoms with Crippen molar-refractivity contribution in [3.63, 3.8) is 0 Å². The zero-order chi connectivity index (χ0) is 11.0. The van der Waals surface area contributed by atoms with Gasteiger partial charge in [-0.3, -0.25) is 0 Å². The largest absolute Gasteiger partial charge is 0.399 e. The van der Waals surface area contributed by atoms with Gasteiger partial charge in [0, 0.05) is 17.1 Å². The first kappa shape index (κ1) is 9.04. The Labute approximate surface area is 94.4 Å². The summed E-state index contributed by atoms with van der Waals surface area (Å²) in [6.07, 6.45) is 4.22. The lowest BCUT2D eigenvalue weighted by Crippen LogP contribution is -1.95. The summed E-state index contributed by atoms with van der Waals surface area (Å²) >= 11 is 0. The fourth-order valence-corrected chi connectivity index (χ4v) is 1.82. The number of nitrogens with two attached hydrogens (primary N) is 1. The molecule has 0 saturated heterocycles. The number of nitrogens with one attached hydrogen (secondary N) is 1. The fourth-order valence-electron chi connectivity index (χ4n) is 1.82. The molecule has 0 heterocycles. The molecular formula is C14H12N2. The van der Waals surface area contributed by atoms with Crippen LogP contribution in [0.4, 0.5) is 17.1 Å². The van der Waals surface area contributed by atoms with E-state index in [2.05, 4.69) is 35.7 Å². The maximum absolute atomic E-state index is 5.73. The molecule has 2 nitrogen and oxygen atoms in total. The molecule has 2 aromatic rings. The summed E-state index contributed by atoms with van der Waals surface area (Å²) in [5.41, 5.74) is 11.2. The topological polar surface area (TPSA) is 38.0 Å². The predicted molar refractivity (Wildman–Crippen MR) is 69.5 cm³/mol. The van der Waals surface area contributed by atoms with Crippen LogP contribution in [0.2, 0.25) is 0 Å². The molecule has 16 heavy (non-hydrogen) atoms. The maximum Gasteiger partial charge on any atom is 0.0404 e. The van der Waals surface area contributed by atoms with Crippen LogP contribution in [0.25, 0.3) is 12.2 Å². The summed E-state index contributed by atoms with van der Waals surface area (Å²) in [4.78, 5) is 0. The molecular weight excluding hydrogens is 196 g/mol. The van der Waals surface area contributed by atoms with Gasteiger partial charge in [0.2, 0.25) is 0 Å². The highest BCUT2D eigenvalue weighted by molar-refractivity contribution is 5.87. The summed E-state index contributed by atoms with van der Waals surface area (Å²) in [5.74, 6) is 0. The first-order valence-corrected chi connectivity index (χ1v) is 5.26. The molecule has 0 amide bonds.